The fourth-order valence-electron chi connectivity index (χ4n) is 1.86. The Balaban J connectivity index is 0.000000918. The van der Waals surface area contributed by atoms with E-state index in [0.29, 0.717) is 49.2 Å². The van der Waals surface area contributed by atoms with Crippen LogP contribution in [-0.2, 0) is 40.8 Å². The van der Waals surface area contributed by atoms with Crippen LogP contribution in [0.1, 0.15) is 36.4 Å². The molecule has 26 heavy (non-hydrogen) atoms. The van der Waals surface area contributed by atoms with Gasteiger partial charge in [0.1, 0.15) is 0 Å². The molecule has 0 unspecified atom stereocenters. The average Bonchev–Trinajstić information content (AvgIpc) is 3.17. The van der Waals surface area contributed by atoms with E-state index in [2.05, 4.69) is 20.4 Å². The van der Waals surface area contributed by atoms with E-state index in [1.54, 1.807) is 13.8 Å². The molecule has 0 fully saturated rings. The lowest BCUT2D eigenvalue weighted by Crippen LogP contribution is -2.15. The van der Waals surface area contributed by atoms with Gasteiger partial charge in [0, 0.05) is 26.7 Å². The summed E-state index contributed by atoms with van der Waals surface area (Å²) >= 11 is -1.50. The van der Waals surface area contributed by atoms with Crippen molar-refractivity contribution >= 4 is 29.1 Å². The normalized spacial score (nSPS) is 9.50. The second-order valence-electron chi connectivity index (χ2n) is 4.68. The Hall–Kier alpha value is -2.61. The highest BCUT2D eigenvalue weighted by molar-refractivity contribution is 7.51. The first-order chi connectivity index (χ1) is 12.4. The van der Waals surface area contributed by atoms with Gasteiger partial charge < -0.3 is 13.9 Å². The highest BCUT2D eigenvalue weighted by Crippen LogP contribution is 2.16. The lowest BCUT2D eigenvalue weighted by atomic mass is 9.98. The maximum absolute atomic E-state index is 11.2. The maximum Gasteiger partial charge on any atom is 0.335 e. The molecule has 1 N–H and O–H groups in total. The highest BCUT2D eigenvalue weighted by Gasteiger charge is 2.20. The number of aliphatic carboxylic acids is 1. The first-order valence-electron chi connectivity index (χ1n) is 7.02. The summed E-state index contributed by atoms with van der Waals surface area (Å²) in [6, 6.07) is 0. The lowest BCUT2D eigenvalue weighted by molar-refractivity contribution is -0.142. The first-order valence-corrected chi connectivity index (χ1v) is 8.35. The van der Waals surface area contributed by atoms with Gasteiger partial charge in [-0.05, 0) is 12.8 Å². The molecule has 2 aromatic rings. The van der Waals surface area contributed by atoms with Crippen molar-refractivity contribution in [1.82, 2.24) is 20.4 Å². The highest BCUT2D eigenvalue weighted by atomic mass is 32.1. The monoisotopic (exact) mass is 408 g/mol. The van der Waals surface area contributed by atoms with Gasteiger partial charge in [-0.25, -0.2) is 0 Å². The molecule has 144 valence electrons. The minimum atomic E-state index is -0.850. The Morgan fingerprint density at radius 3 is 1.46 bits per heavy atom. The van der Waals surface area contributed by atoms with Gasteiger partial charge in [0.15, 0.2) is 0 Å². The second kappa shape index (κ2) is 13.7. The van der Waals surface area contributed by atoms with E-state index in [-0.39, 0.29) is 0 Å². The minimum absolute atomic E-state index is 0.435. The number of aromatic nitrogens is 4. The van der Waals surface area contributed by atoms with Crippen LogP contribution in [0.3, 0.4) is 0 Å². The van der Waals surface area contributed by atoms with E-state index in [1.165, 1.54) is 0 Å². The van der Waals surface area contributed by atoms with Gasteiger partial charge >= 0.3 is 29.1 Å². The summed E-state index contributed by atoms with van der Waals surface area (Å²) in [5, 5.41) is 24.3. The Morgan fingerprint density at radius 1 is 0.885 bits per heavy atom. The van der Waals surface area contributed by atoms with E-state index in [1.807, 2.05) is 0 Å². The Kier molecular flexibility index (Phi) is 12.3. The zero-order chi connectivity index (χ0) is 19.9. The average molecular weight is 408 g/mol. The molecule has 0 aliphatic rings. The van der Waals surface area contributed by atoms with Gasteiger partial charge in [-0.2, -0.15) is 16.8 Å². The molecular formula is C12H16N4O8S2. The molecule has 0 saturated carbocycles. The number of hydrogen-bond acceptors (Lipinski definition) is 11. The molecule has 0 bridgehead atoms. The summed E-state index contributed by atoms with van der Waals surface area (Å²) < 4.78 is 43.6. The van der Waals surface area contributed by atoms with Crippen LogP contribution >= 0.6 is 0 Å². The predicted octanol–water partition coefficient (Wildman–Crippen LogP) is -0.00476. The minimum Gasteiger partial charge on any atom is -0.481 e. The van der Waals surface area contributed by atoms with E-state index in [0.717, 1.165) is 0 Å². The van der Waals surface area contributed by atoms with Gasteiger partial charge in [-0.15, -0.1) is 20.4 Å². The summed E-state index contributed by atoms with van der Waals surface area (Å²) in [6.45, 7) is 3.40. The topological polar surface area (TPSA) is 183 Å². The van der Waals surface area contributed by atoms with Crippen molar-refractivity contribution in [3.05, 3.63) is 23.6 Å². The van der Waals surface area contributed by atoms with Crippen LogP contribution in [0, 0.1) is 19.8 Å². The van der Waals surface area contributed by atoms with Crippen LogP contribution in [0.2, 0.25) is 0 Å². The Bertz CT molecular complexity index is 694. The molecule has 2 rings (SSSR count). The number of carboxylic acids is 1. The molecule has 0 amide bonds. The molecule has 2 heterocycles. The van der Waals surface area contributed by atoms with Crippen LogP contribution in [0.25, 0.3) is 0 Å². The zero-order valence-electron chi connectivity index (χ0n) is 13.8. The predicted molar refractivity (Wildman–Crippen MR) is 83.7 cm³/mol. The molecule has 12 nitrogen and oxygen atoms in total. The SMILES string of the molecule is Cc1nnc(CCC(CCc2nnc(C)o2)C(=O)O)o1.O=S=O.O=S=O. The van der Waals surface area contributed by atoms with Crippen LogP contribution < -0.4 is 0 Å². The molecule has 0 radical (unpaired) electrons. The fourth-order valence-corrected chi connectivity index (χ4v) is 1.86. The number of nitrogens with zero attached hydrogens (tertiary/aromatic N) is 4. The van der Waals surface area contributed by atoms with E-state index in [9.17, 15) is 9.90 Å². The summed E-state index contributed by atoms with van der Waals surface area (Å²) in [5.41, 5.74) is 0. The van der Waals surface area contributed by atoms with Gasteiger partial charge in [0.25, 0.3) is 0 Å². The van der Waals surface area contributed by atoms with E-state index in [4.69, 9.17) is 25.7 Å². The molecule has 0 atom stereocenters. The van der Waals surface area contributed by atoms with Gasteiger partial charge in [-0.1, -0.05) is 0 Å². The number of hydrogen-bond donors (Lipinski definition) is 1. The first kappa shape index (κ1) is 23.4. The van der Waals surface area contributed by atoms with E-state index >= 15 is 0 Å². The molecule has 14 heteroatoms. The number of rotatable bonds is 7. The van der Waals surface area contributed by atoms with Crippen molar-refractivity contribution in [2.45, 2.75) is 39.5 Å². The van der Waals surface area contributed by atoms with Gasteiger partial charge in [-0.3, -0.25) is 4.79 Å². The van der Waals surface area contributed by atoms with Crippen molar-refractivity contribution in [3.63, 3.8) is 0 Å². The zero-order valence-corrected chi connectivity index (χ0v) is 15.4. The standard InChI is InChI=1S/C12H16N4O4.2O2S/c1-7-13-15-10(19-7)5-3-9(12(17)18)4-6-11-16-14-8(2)20-11;2*1-3-2/h9H,3-6H2,1-2H3,(H,17,18);;. The summed E-state index contributed by atoms with van der Waals surface area (Å²) in [4.78, 5) is 11.2. The molecular weight excluding hydrogens is 392 g/mol. The smallest absolute Gasteiger partial charge is 0.335 e. The van der Waals surface area contributed by atoms with Crippen LogP contribution in [0.5, 0.6) is 0 Å². The fraction of sp³-hybridized carbons (Fsp3) is 0.583. The quantitative estimate of drug-likeness (QED) is 0.647. The van der Waals surface area contributed by atoms with Crippen LogP contribution in [0.4, 0.5) is 0 Å². The molecule has 0 saturated heterocycles. The molecule has 0 aromatic carbocycles. The number of carbonyl (C=O) groups is 1. The Morgan fingerprint density at radius 2 is 1.23 bits per heavy atom. The van der Waals surface area contributed by atoms with Gasteiger partial charge in [0.2, 0.25) is 23.6 Å². The maximum atomic E-state index is 11.2. The van der Waals surface area contributed by atoms with Crippen LogP contribution in [-0.4, -0.2) is 48.3 Å². The summed E-state index contributed by atoms with van der Waals surface area (Å²) in [6.07, 6.45) is 1.76. The summed E-state index contributed by atoms with van der Waals surface area (Å²) in [7, 11) is 0. The lowest BCUT2D eigenvalue weighted by Gasteiger charge is -2.09. The van der Waals surface area contributed by atoms with Crippen molar-refractivity contribution in [2.75, 3.05) is 0 Å². The number of carboxylic acid groups (broad SMARTS) is 1. The molecule has 0 aliphatic carbocycles. The van der Waals surface area contributed by atoms with Crippen molar-refractivity contribution in [3.8, 4) is 0 Å². The van der Waals surface area contributed by atoms with Crippen molar-refractivity contribution in [1.29, 1.82) is 0 Å². The van der Waals surface area contributed by atoms with Crippen molar-refractivity contribution < 1.29 is 35.6 Å². The molecule has 0 aliphatic heterocycles. The second-order valence-corrected chi connectivity index (χ2v) is 4.95. The third-order valence-corrected chi connectivity index (χ3v) is 2.90. The largest absolute Gasteiger partial charge is 0.481 e. The van der Waals surface area contributed by atoms with Gasteiger partial charge in [0.05, 0.1) is 5.92 Å². The van der Waals surface area contributed by atoms with Crippen LogP contribution in [0.15, 0.2) is 8.83 Å². The third kappa shape index (κ3) is 10.3. The molecule has 0 spiro atoms. The van der Waals surface area contributed by atoms with Crippen molar-refractivity contribution in [2.24, 2.45) is 5.92 Å². The number of aryl methyl sites for hydroxylation is 4. The summed E-state index contributed by atoms with van der Waals surface area (Å²) in [5.74, 6) is 0.526. The molecule has 2 aromatic heterocycles. The third-order valence-electron chi connectivity index (χ3n) is 2.90. The van der Waals surface area contributed by atoms with E-state index < -0.39 is 35.0 Å². The Labute approximate surface area is 154 Å².